The van der Waals surface area contributed by atoms with Crippen LogP contribution in [0.15, 0.2) is 71.5 Å². The lowest BCUT2D eigenvalue weighted by Gasteiger charge is -2.17. The summed E-state index contributed by atoms with van der Waals surface area (Å²) in [5, 5.41) is 26.5. The number of H-pyrrole nitrogens is 1. The molecule has 0 radical (unpaired) electrons. The first-order chi connectivity index (χ1) is 15.8. The second-order valence-electron chi connectivity index (χ2n) is 7.39. The normalized spacial score (nSPS) is 11.7. The molecule has 3 aromatic carbocycles. The van der Waals surface area contributed by atoms with E-state index in [1.165, 1.54) is 6.07 Å². The van der Waals surface area contributed by atoms with Crippen LogP contribution in [-0.4, -0.2) is 32.2 Å². The largest absolute Gasteiger partial charge is 0.501 e. The zero-order chi connectivity index (χ0) is 23.5. The molecule has 0 aliphatic heterocycles. The number of hydrogen-bond donors (Lipinski definition) is 5. The highest BCUT2D eigenvalue weighted by atomic mass is 16.4. The molecular weight excluding hydrogens is 424 g/mol. The molecule has 0 spiro atoms. The van der Waals surface area contributed by atoms with Crippen molar-refractivity contribution in [1.82, 2.24) is 15.3 Å². The molecule has 0 fully saturated rings. The van der Waals surface area contributed by atoms with Gasteiger partial charge in [-0.05, 0) is 35.4 Å². The third-order valence-electron chi connectivity index (χ3n) is 5.13. The number of carbonyl (C=O) groups excluding carboxylic acids is 1. The molecule has 4 aromatic rings. The Morgan fingerprint density at radius 3 is 2.55 bits per heavy atom. The Morgan fingerprint density at radius 1 is 1.03 bits per heavy atom. The quantitative estimate of drug-likeness (QED) is 0.316. The molecule has 0 saturated carbocycles. The van der Waals surface area contributed by atoms with Gasteiger partial charge in [0.2, 0.25) is 5.75 Å². The fourth-order valence-corrected chi connectivity index (χ4v) is 3.57. The first-order valence-corrected chi connectivity index (χ1v) is 10.1. The van der Waals surface area contributed by atoms with Crippen LogP contribution >= 0.6 is 0 Å². The first kappa shape index (κ1) is 21.6. The maximum absolute atomic E-state index is 12.6. The molecule has 0 bridgehead atoms. The summed E-state index contributed by atoms with van der Waals surface area (Å²) in [6, 6.07) is 19.5. The number of fused-ring (bicyclic) bond motifs is 1. The number of benzene rings is 3. The van der Waals surface area contributed by atoms with Crippen molar-refractivity contribution >= 4 is 28.5 Å². The summed E-state index contributed by atoms with van der Waals surface area (Å²) in [7, 11) is 0. The third-order valence-corrected chi connectivity index (χ3v) is 5.13. The van der Waals surface area contributed by atoms with Gasteiger partial charge < -0.3 is 25.8 Å². The number of rotatable bonds is 5. The summed E-state index contributed by atoms with van der Waals surface area (Å²) in [4.78, 5) is 41.8. The SMILES string of the molecule is C[C@@H](NC(=O)Nc1cccc(-c2nc(C(=O)O)c(O)c(=O)[nH]2)c1)c1cccc2ccccc12. The summed E-state index contributed by atoms with van der Waals surface area (Å²) in [6.07, 6.45) is 0. The Labute approximate surface area is 187 Å². The van der Waals surface area contributed by atoms with Gasteiger partial charge in [-0.25, -0.2) is 14.6 Å². The van der Waals surface area contributed by atoms with Gasteiger partial charge in [-0.3, -0.25) is 4.79 Å². The number of carbonyl (C=O) groups is 2. The zero-order valence-electron chi connectivity index (χ0n) is 17.5. The predicted molar refractivity (Wildman–Crippen MR) is 123 cm³/mol. The van der Waals surface area contributed by atoms with Gasteiger partial charge in [-0.2, -0.15) is 0 Å². The topological polar surface area (TPSA) is 144 Å². The minimum absolute atomic E-state index is 0.0524. The molecule has 9 heteroatoms. The lowest BCUT2D eigenvalue weighted by atomic mass is 10.00. The molecule has 2 amide bonds. The Balaban J connectivity index is 1.54. The van der Waals surface area contributed by atoms with E-state index in [4.69, 9.17) is 5.11 Å². The summed E-state index contributed by atoms with van der Waals surface area (Å²) >= 11 is 0. The number of carboxylic acids is 1. The second kappa shape index (κ2) is 8.83. The average molecular weight is 444 g/mol. The molecule has 1 heterocycles. The van der Waals surface area contributed by atoms with Crippen molar-refractivity contribution in [2.75, 3.05) is 5.32 Å². The van der Waals surface area contributed by atoms with Crippen molar-refractivity contribution in [3.63, 3.8) is 0 Å². The Bertz CT molecular complexity index is 1420. The number of carboxylic acid groups (broad SMARTS) is 1. The number of nitrogens with zero attached hydrogens (tertiary/aromatic N) is 1. The molecule has 0 aliphatic rings. The standard InChI is InChI=1S/C24H20N4O5/c1-13(17-11-5-7-14-6-2-3-10-18(14)17)25-24(33)26-16-9-4-8-15(12-16)21-27-19(23(31)32)20(29)22(30)28-21/h2-13,29H,1H3,(H,31,32)(H2,25,26,33)(H,27,28,30)/t13-/m1/s1. The number of aromatic carboxylic acids is 1. The van der Waals surface area contributed by atoms with E-state index in [0.29, 0.717) is 11.3 Å². The molecule has 9 nitrogen and oxygen atoms in total. The number of aromatic nitrogens is 2. The monoisotopic (exact) mass is 444 g/mol. The molecule has 33 heavy (non-hydrogen) atoms. The van der Waals surface area contributed by atoms with E-state index in [-0.39, 0.29) is 11.9 Å². The number of urea groups is 1. The molecule has 1 atom stereocenters. The number of aromatic amines is 1. The lowest BCUT2D eigenvalue weighted by molar-refractivity contribution is 0.0686. The van der Waals surface area contributed by atoms with Crippen molar-refractivity contribution in [2.45, 2.75) is 13.0 Å². The molecule has 166 valence electrons. The third kappa shape index (κ3) is 4.52. The minimum atomic E-state index is -1.53. The molecule has 5 N–H and O–H groups in total. The van der Waals surface area contributed by atoms with Crippen LogP contribution in [0.5, 0.6) is 5.75 Å². The predicted octanol–water partition coefficient (Wildman–Crippen LogP) is 3.88. The van der Waals surface area contributed by atoms with Crippen molar-refractivity contribution < 1.29 is 19.8 Å². The lowest BCUT2D eigenvalue weighted by Crippen LogP contribution is -2.31. The number of hydrogen-bond acceptors (Lipinski definition) is 5. The van der Waals surface area contributed by atoms with Crippen molar-refractivity contribution in [3.05, 3.63) is 88.3 Å². The van der Waals surface area contributed by atoms with Gasteiger partial charge in [0.25, 0.3) is 5.56 Å². The van der Waals surface area contributed by atoms with Crippen LogP contribution in [0.3, 0.4) is 0 Å². The van der Waals surface area contributed by atoms with Gasteiger partial charge in [0.1, 0.15) is 5.82 Å². The van der Waals surface area contributed by atoms with Gasteiger partial charge >= 0.3 is 12.0 Å². The number of amides is 2. The van der Waals surface area contributed by atoms with Crippen LogP contribution in [0.4, 0.5) is 10.5 Å². The first-order valence-electron chi connectivity index (χ1n) is 10.1. The summed E-state index contributed by atoms with van der Waals surface area (Å²) in [5.74, 6) is -2.55. The highest BCUT2D eigenvalue weighted by Crippen LogP contribution is 2.25. The maximum Gasteiger partial charge on any atom is 0.358 e. The summed E-state index contributed by atoms with van der Waals surface area (Å²) in [5.41, 5.74) is 0.00692. The van der Waals surface area contributed by atoms with Crippen LogP contribution < -0.4 is 16.2 Å². The van der Waals surface area contributed by atoms with Crippen molar-refractivity contribution in [1.29, 1.82) is 0 Å². The number of anilines is 1. The van der Waals surface area contributed by atoms with E-state index < -0.39 is 29.0 Å². The molecule has 1 aromatic heterocycles. The average Bonchev–Trinajstić information content (AvgIpc) is 2.80. The number of aromatic hydroxyl groups is 1. The van der Waals surface area contributed by atoms with Gasteiger partial charge in [0, 0.05) is 11.3 Å². The summed E-state index contributed by atoms with van der Waals surface area (Å²) < 4.78 is 0. The van der Waals surface area contributed by atoms with E-state index >= 15 is 0 Å². The molecule has 0 unspecified atom stereocenters. The van der Waals surface area contributed by atoms with E-state index in [1.54, 1.807) is 18.2 Å². The molecule has 0 saturated heterocycles. The van der Waals surface area contributed by atoms with Crippen LogP contribution in [0.25, 0.3) is 22.2 Å². The fraction of sp³-hybridized carbons (Fsp3) is 0.0833. The zero-order valence-corrected chi connectivity index (χ0v) is 17.5. The summed E-state index contributed by atoms with van der Waals surface area (Å²) in [6.45, 7) is 1.89. The van der Waals surface area contributed by atoms with Gasteiger partial charge in [0.05, 0.1) is 6.04 Å². The van der Waals surface area contributed by atoms with Crippen LogP contribution in [0.2, 0.25) is 0 Å². The van der Waals surface area contributed by atoms with Gasteiger partial charge in [-0.1, -0.05) is 54.6 Å². The smallest absolute Gasteiger partial charge is 0.358 e. The maximum atomic E-state index is 12.6. The van der Waals surface area contributed by atoms with Crippen LogP contribution in [-0.2, 0) is 0 Å². The fourth-order valence-electron chi connectivity index (χ4n) is 3.57. The van der Waals surface area contributed by atoms with E-state index in [1.807, 2.05) is 49.4 Å². The second-order valence-corrected chi connectivity index (χ2v) is 7.39. The van der Waals surface area contributed by atoms with E-state index in [0.717, 1.165) is 16.3 Å². The highest BCUT2D eigenvalue weighted by Gasteiger charge is 2.18. The van der Waals surface area contributed by atoms with Crippen LogP contribution in [0.1, 0.15) is 29.0 Å². The van der Waals surface area contributed by atoms with Gasteiger partial charge in [-0.15, -0.1) is 0 Å². The Morgan fingerprint density at radius 2 is 1.76 bits per heavy atom. The number of nitrogens with one attached hydrogen (secondary N) is 3. The van der Waals surface area contributed by atoms with Crippen LogP contribution in [0, 0.1) is 0 Å². The highest BCUT2D eigenvalue weighted by molar-refractivity contribution is 5.92. The molecular formula is C24H20N4O5. The van der Waals surface area contributed by atoms with Crippen molar-refractivity contribution in [2.24, 2.45) is 0 Å². The van der Waals surface area contributed by atoms with Crippen molar-refractivity contribution in [3.8, 4) is 17.1 Å². The van der Waals surface area contributed by atoms with E-state index in [9.17, 15) is 19.5 Å². The Hall–Kier alpha value is -4.66. The molecule has 0 aliphatic carbocycles. The molecule has 4 rings (SSSR count). The Kier molecular flexibility index (Phi) is 5.77. The van der Waals surface area contributed by atoms with Gasteiger partial charge in [0.15, 0.2) is 5.69 Å². The minimum Gasteiger partial charge on any atom is -0.501 e. The van der Waals surface area contributed by atoms with E-state index in [2.05, 4.69) is 20.6 Å².